The van der Waals surface area contributed by atoms with Gasteiger partial charge in [-0.2, -0.15) is 0 Å². The molecular weight excluding hydrogens is 319 g/mol. The molecule has 0 spiro atoms. The molecule has 0 amide bonds. The Kier molecular flexibility index (Phi) is 4.58. The highest BCUT2D eigenvalue weighted by atomic mass is 35.7. The summed E-state index contributed by atoms with van der Waals surface area (Å²) in [4.78, 5) is -0.0553. The molecule has 0 aliphatic carbocycles. The summed E-state index contributed by atoms with van der Waals surface area (Å²) in [6, 6.07) is 11.7. The molecule has 20 heavy (non-hydrogen) atoms. The van der Waals surface area contributed by atoms with E-state index in [0.717, 1.165) is 12.0 Å². The normalized spacial score (nSPS) is 11.3. The molecule has 0 aliphatic heterocycles. The predicted octanol–water partition coefficient (Wildman–Crippen LogP) is 4.62. The first kappa shape index (κ1) is 15.2. The van der Waals surface area contributed by atoms with E-state index < -0.39 is 9.05 Å². The maximum absolute atomic E-state index is 11.2. The van der Waals surface area contributed by atoms with Gasteiger partial charge in [0.1, 0.15) is 11.5 Å². The third-order valence-corrected chi connectivity index (χ3v) is 4.41. The lowest BCUT2D eigenvalue weighted by molar-refractivity contribution is 0.476. The minimum absolute atomic E-state index is 0.0553. The molecule has 2 aromatic rings. The Morgan fingerprint density at radius 1 is 1.10 bits per heavy atom. The van der Waals surface area contributed by atoms with E-state index in [1.807, 2.05) is 31.2 Å². The van der Waals surface area contributed by atoms with Gasteiger partial charge in [0.2, 0.25) is 0 Å². The summed E-state index contributed by atoms with van der Waals surface area (Å²) in [5.74, 6) is 1.08. The van der Waals surface area contributed by atoms with Crippen LogP contribution in [0.5, 0.6) is 11.5 Å². The molecule has 6 heteroatoms. The molecule has 0 unspecified atom stereocenters. The number of benzene rings is 2. The van der Waals surface area contributed by atoms with Crippen molar-refractivity contribution < 1.29 is 13.2 Å². The molecule has 0 atom stereocenters. The summed E-state index contributed by atoms with van der Waals surface area (Å²) in [6.45, 7) is 2.02. The summed E-state index contributed by atoms with van der Waals surface area (Å²) in [5, 5.41) is 0.192. The molecule has 0 saturated heterocycles. The van der Waals surface area contributed by atoms with E-state index in [1.54, 1.807) is 0 Å². The molecule has 0 aromatic heterocycles. The summed E-state index contributed by atoms with van der Waals surface area (Å²) < 4.78 is 28.2. The molecule has 0 bridgehead atoms. The second kappa shape index (κ2) is 6.04. The van der Waals surface area contributed by atoms with Crippen molar-refractivity contribution in [3.05, 3.63) is 53.1 Å². The maximum atomic E-state index is 11.2. The number of halogens is 2. The first-order chi connectivity index (χ1) is 9.41. The molecule has 106 valence electrons. The number of aryl methyl sites for hydroxylation is 1. The van der Waals surface area contributed by atoms with Crippen molar-refractivity contribution in [1.29, 1.82) is 0 Å². The lowest BCUT2D eigenvalue weighted by Crippen LogP contribution is -1.93. The second-order valence-electron chi connectivity index (χ2n) is 4.09. The van der Waals surface area contributed by atoms with Gasteiger partial charge in [-0.3, -0.25) is 0 Å². The maximum Gasteiger partial charge on any atom is 0.261 e. The fourth-order valence-electron chi connectivity index (χ4n) is 1.73. The van der Waals surface area contributed by atoms with Crippen LogP contribution in [0.2, 0.25) is 5.02 Å². The quantitative estimate of drug-likeness (QED) is 0.768. The van der Waals surface area contributed by atoms with Crippen LogP contribution in [0.4, 0.5) is 0 Å². The topological polar surface area (TPSA) is 43.4 Å². The van der Waals surface area contributed by atoms with Crippen LogP contribution < -0.4 is 4.74 Å². The molecular formula is C14H12Cl2O3S. The summed E-state index contributed by atoms with van der Waals surface area (Å²) >= 11 is 6.03. The Hall–Kier alpha value is -1.23. The molecule has 0 fully saturated rings. The van der Waals surface area contributed by atoms with Gasteiger partial charge < -0.3 is 4.74 Å². The molecule has 0 heterocycles. The average molecular weight is 331 g/mol. The fraction of sp³-hybridized carbons (Fsp3) is 0.143. The molecule has 2 aromatic carbocycles. The largest absolute Gasteiger partial charge is 0.456 e. The van der Waals surface area contributed by atoms with Crippen LogP contribution in [-0.2, 0) is 15.5 Å². The van der Waals surface area contributed by atoms with Crippen molar-refractivity contribution >= 4 is 31.3 Å². The first-order valence-electron chi connectivity index (χ1n) is 5.92. The number of ether oxygens (including phenoxy) is 1. The zero-order chi connectivity index (χ0) is 14.8. The second-order valence-corrected chi connectivity index (χ2v) is 7.07. The third-order valence-electron chi connectivity index (χ3n) is 2.76. The molecule has 0 aliphatic rings. The van der Waals surface area contributed by atoms with Crippen LogP contribution >= 0.6 is 22.3 Å². The standard InChI is InChI=1S/C14H12Cl2O3S/c1-2-10-5-3-4-6-13(10)19-14-8-7-11(9-12(14)15)20(16,17)18/h3-9H,2H2,1H3. The van der Waals surface area contributed by atoms with E-state index in [-0.39, 0.29) is 9.92 Å². The van der Waals surface area contributed by atoms with Gasteiger partial charge in [-0.05, 0) is 36.2 Å². The van der Waals surface area contributed by atoms with Crippen molar-refractivity contribution in [3.63, 3.8) is 0 Å². The first-order valence-corrected chi connectivity index (χ1v) is 8.60. The number of para-hydroxylation sites is 1. The SMILES string of the molecule is CCc1ccccc1Oc1ccc(S(=O)(=O)Cl)cc1Cl. The highest BCUT2D eigenvalue weighted by molar-refractivity contribution is 8.13. The van der Waals surface area contributed by atoms with E-state index >= 15 is 0 Å². The zero-order valence-corrected chi connectivity index (χ0v) is 13.0. The van der Waals surface area contributed by atoms with Crippen LogP contribution in [0, 0.1) is 0 Å². The van der Waals surface area contributed by atoms with Gasteiger partial charge in [0.05, 0.1) is 9.92 Å². The Labute approximate surface area is 127 Å². The van der Waals surface area contributed by atoms with E-state index in [0.29, 0.717) is 11.5 Å². The van der Waals surface area contributed by atoms with E-state index in [4.69, 9.17) is 27.0 Å². The zero-order valence-electron chi connectivity index (χ0n) is 10.6. The monoisotopic (exact) mass is 330 g/mol. The molecule has 2 rings (SSSR count). The average Bonchev–Trinajstić information content (AvgIpc) is 2.40. The summed E-state index contributed by atoms with van der Waals surface area (Å²) in [6.07, 6.45) is 0.821. The predicted molar refractivity (Wildman–Crippen MR) is 80.4 cm³/mol. The highest BCUT2D eigenvalue weighted by Gasteiger charge is 2.13. The van der Waals surface area contributed by atoms with E-state index in [1.165, 1.54) is 18.2 Å². The fourth-order valence-corrected chi connectivity index (χ4v) is 2.79. The molecule has 0 saturated carbocycles. The smallest absolute Gasteiger partial charge is 0.261 e. The van der Waals surface area contributed by atoms with Crippen molar-refractivity contribution in [3.8, 4) is 11.5 Å². The number of hydrogen-bond acceptors (Lipinski definition) is 3. The van der Waals surface area contributed by atoms with Gasteiger partial charge in [0, 0.05) is 10.7 Å². The number of rotatable bonds is 4. The Morgan fingerprint density at radius 2 is 1.80 bits per heavy atom. The van der Waals surface area contributed by atoms with Crippen LogP contribution in [-0.4, -0.2) is 8.42 Å². The lowest BCUT2D eigenvalue weighted by Gasteiger charge is -2.11. The van der Waals surface area contributed by atoms with Crippen LogP contribution in [0.3, 0.4) is 0 Å². The number of hydrogen-bond donors (Lipinski definition) is 0. The van der Waals surface area contributed by atoms with Gasteiger partial charge in [-0.15, -0.1) is 0 Å². The molecule has 0 radical (unpaired) electrons. The third kappa shape index (κ3) is 3.45. The lowest BCUT2D eigenvalue weighted by atomic mass is 10.1. The van der Waals surface area contributed by atoms with Crippen molar-refractivity contribution in [2.24, 2.45) is 0 Å². The molecule has 0 N–H and O–H groups in total. The van der Waals surface area contributed by atoms with Crippen LogP contribution in [0.1, 0.15) is 12.5 Å². The summed E-state index contributed by atoms with van der Waals surface area (Å²) in [7, 11) is 1.47. The van der Waals surface area contributed by atoms with Crippen LogP contribution in [0.15, 0.2) is 47.4 Å². The Bertz CT molecular complexity index is 727. The van der Waals surface area contributed by atoms with E-state index in [2.05, 4.69) is 0 Å². The Morgan fingerprint density at radius 3 is 2.40 bits per heavy atom. The summed E-state index contributed by atoms with van der Waals surface area (Å²) in [5.41, 5.74) is 1.04. The molecule has 3 nitrogen and oxygen atoms in total. The van der Waals surface area contributed by atoms with Crippen molar-refractivity contribution in [1.82, 2.24) is 0 Å². The van der Waals surface area contributed by atoms with Gasteiger partial charge in [-0.1, -0.05) is 36.7 Å². The van der Waals surface area contributed by atoms with Crippen molar-refractivity contribution in [2.45, 2.75) is 18.2 Å². The van der Waals surface area contributed by atoms with Gasteiger partial charge in [0.25, 0.3) is 9.05 Å². The van der Waals surface area contributed by atoms with Gasteiger partial charge in [0.15, 0.2) is 0 Å². The van der Waals surface area contributed by atoms with E-state index in [9.17, 15) is 8.42 Å². The minimum atomic E-state index is -3.80. The highest BCUT2D eigenvalue weighted by Crippen LogP contribution is 2.33. The Balaban J connectivity index is 2.35. The van der Waals surface area contributed by atoms with Crippen molar-refractivity contribution in [2.75, 3.05) is 0 Å². The van der Waals surface area contributed by atoms with Crippen LogP contribution in [0.25, 0.3) is 0 Å². The minimum Gasteiger partial charge on any atom is -0.456 e. The van der Waals surface area contributed by atoms with Gasteiger partial charge in [-0.25, -0.2) is 8.42 Å². The van der Waals surface area contributed by atoms with Gasteiger partial charge >= 0.3 is 0 Å².